The lowest BCUT2D eigenvalue weighted by molar-refractivity contribution is 0.296. The van der Waals surface area contributed by atoms with Gasteiger partial charge in [0.25, 0.3) is 6.08 Å². The van der Waals surface area contributed by atoms with E-state index in [0.29, 0.717) is 0 Å². The Morgan fingerprint density at radius 3 is 1.32 bits per heavy atom. The molecule has 0 spiro atoms. The van der Waals surface area contributed by atoms with E-state index in [9.17, 15) is 8.78 Å². The van der Waals surface area contributed by atoms with Crippen molar-refractivity contribution < 1.29 is 8.78 Å². The lowest BCUT2D eigenvalue weighted by Gasteiger charge is -2.28. The normalized spacial score (nSPS) is 12.4. The van der Waals surface area contributed by atoms with Crippen molar-refractivity contribution in [1.82, 2.24) is 9.80 Å². The van der Waals surface area contributed by atoms with Crippen LogP contribution in [0.25, 0.3) is 0 Å². The molecule has 0 saturated carbocycles. The monoisotopic (exact) mass is 378 g/mol. The summed E-state index contributed by atoms with van der Waals surface area (Å²) in [6.45, 7) is 0. The zero-order chi connectivity index (χ0) is 20.5. The summed E-state index contributed by atoms with van der Waals surface area (Å²) in [5.74, 6) is 12.0. The van der Waals surface area contributed by atoms with Crippen LogP contribution in [0, 0.1) is 23.7 Å². The number of nitrogens with zero attached hydrogens (tertiary/aromatic N) is 2. The number of hydrogen-bond donors (Lipinski definition) is 0. The second kappa shape index (κ2) is 10.4. The Bertz CT molecular complexity index is 836. The van der Waals surface area contributed by atoms with Crippen LogP contribution in [-0.4, -0.2) is 50.1 Å². The number of hydrogen-bond acceptors (Lipinski definition) is 2. The summed E-state index contributed by atoms with van der Waals surface area (Å²) in [6.07, 6.45) is -1.75. The average molecular weight is 378 g/mol. The van der Waals surface area contributed by atoms with E-state index in [2.05, 4.69) is 23.7 Å². The van der Waals surface area contributed by atoms with E-state index in [1.54, 1.807) is 38.0 Å². The molecule has 2 rings (SSSR count). The lowest BCUT2D eigenvalue weighted by atomic mass is 9.98. The molecule has 0 aliphatic carbocycles. The molecule has 28 heavy (non-hydrogen) atoms. The van der Waals surface area contributed by atoms with Crippen LogP contribution in [-0.2, 0) is 0 Å². The fourth-order valence-electron chi connectivity index (χ4n) is 2.67. The summed E-state index contributed by atoms with van der Waals surface area (Å²) in [5.41, 5.74) is 1.47. The van der Waals surface area contributed by atoms with Gasteiger partial charge < -0.3 is 0 Å². The molecular weight excluding hydrogens is 354 g/mol. The summed E-state index contributed by atoms with van der Waals surface area (Å²) in [7, 11) is 6.96. The number of rotatable bonds is 4. The maximum atomic E-state index is 14.1. The van der Waals surface area contributed by atoms with Crippen molar-refractivity contribution in [3.05, 3.63) is 83.4 Å². The van der Waals surface area contributed by atoms with Crippen LogP contribution in [0.1, 0.15) is 11.1 Å². The first kappa shape index (κ1) is 21.4. The quantitative estimate of drug-likeness (QED) is 0.739. The van der Waals surface area contributed by atoms with E-state index in [0.717, 1.165) is 11.1 Å². The van der Waals surface area contributed by atoms with E-state index in [1.807, 2.05) is 60.7 Å². The Kier molecular flexibility index (Phi) is 7.96. The molecule has 0 radical (unpaired) electrons. The SMILES string of the molecule is CN(C)[C@H](C#Cc1ccccc1)C(=C(F)F)[C@H](C#Cc1ccccc1)N(C)C. The van der Waals surface area contributed by atoms with E-state index in [4.69, 9.17) is 0 Å². The molecule has 0 aliphatic heterocycles. The van der Waals surface area contributed by atoms with Gasteiger partial charge in [0.1, 0.15) is 12.1 Å². The highest BCUT2D eigenvalue weighted by atomic mass is 19.3. The number of benzene rings is 2. The van der Waals surface area contributed by atoms with E-state index >= 15 is 0 Å². The van der Waals surface area contributed by atoms with Crippen molar-refractivity contribution >= 4 is 0 Å². The summed E-state index contributed by atoms with van der Waals surface area (Å²) in [5, 5.41) is 0. The third-order valence-electron chi connectivity index (χ3n) is 4.09. The number of halogens is 2. The fourth-order valence-corrected chi connectivity index (χ4v) is 2.67. The molecule has 2 aromatic carbocycles. The van der Waals surface area contributed by atoms with Crippen LogP contribution < -0.4 is 0 Å². The Morgan fingerprint density at radius 2 is 1.04 bits per heavy atom. The maximum Gasteiger partial charge on any atom is 0.274 e. The topological polar surface area (TPSA) is 6.48 Å². The molecule has 0 aliphatic rings. The lowest BCUT2D eigenvalue weighted by Crippen LogP contribution is -2.39. The molecule has 2 nitrogen and oxygen atoms in total. The highest BCUT2D eigenvalue weighted by molar-refractivity contribution is 5.43. The van der Waals surface area contributed by atoms with Crippen molar-refractivity contribution in [2.45, 2.75) is 12.1 Å². The van der Waals surface area contributed by atoms with Gasteiger partial charge in [0, 0.05) is 11.1 Å². The Labute approximate surface area is 166 Å². The van der Waals surface area contributed by atoms with Gasteiger partial charge in [0.2, 0.25) is 0 Å². The molecule has 0 N–H and O–H groups in total. The van der Waals surface area contributed by atoms with Gasteiger partial charge in [-0.2, -0.15) is 8.78 Å². The van der Waals surface area contributed by atoms with Crippen LogP contribution in [0.2, 0.25) is 0 Å². The predicted octanol–water partition coefficient (Wildman–Crippen LogP) is 4.10. The standard InChI is InChI=1S/C24H24F2N2/c1-27(2)21(17-15-19-11-7-5-8-12-19)23(24(25)26)22(28(3)4)18-16-20-13-9-6-10-14-20/h5-14,21-22H,1-4H3/t21-,22+. The molecule has 0 amide bonds. The second-order valence-electron chi connectivity index (χ2n) is 6.72. The molecule has 2 aromatic rings. The van der Waals surface area contributed by atoms with Gasteiger partial charge in [-0.15, -0.1) is 0 Å². The molecule has 144 valence electrons. The van der Waals surface area contributed by atoms with Crippen molar-refractivity contribution in [3.8, 4) is 23.7 Å². The zero-order valence-electron chi connectivity index (χ0n) is 16.6. The smallest absolute Gasteiger partial charge is 0.274 e. The molecule has 0 bridgehead atoms. The second-order valence-corrected chi connectivity index (χ2v) is 6.72. The Balaban J connectivity index is 2.45. The molecular formula is C24H24F2N2. The minimum Gasteiger partial charge on any atom is -0.292 e. The largest absolute Gasteiger partial charge is 0.292 e. The maximum absolute atomic E-state index is 14.1. The van der Waals surface area contributed by atoms with Crippen molar-refractivity contribution in [2.24, 2.45) is 0 Å². The fraction of sp³-hybridized carbons (Fsp3) is 0.250. The summed E-state index contributed by atoms with van der Waals surface area (Å²) >= 11 is 0. The van der Waals surface area contributed by atoms with Crippen molar-refractivity contribution in [1.29, 1.82) is 0 Å². The van der Waals surface area contributed by atoms with Crippen LogP contribution in [0.15, 0.2) is 72.3 Å². The average Bonchev–Trinajstić information content (AvgIpc) is 2.67. The summed E-state index contributed by atoms with van der Waals surface area (Å²) < 4.78 is 28.1. The van der Waals surface area contributed by atoms with Gasteiger partial charge in [0.15, 0.2) is 0 Å². The van der Waals surface area contributed by atoms with Crippen LogP contribution in [0.5, 0.6) is 0 Å². The van der Waals surface area contributed by atoms with E-state index in [-0.39, 0.29) is 5.57 Å². The van der Waals surface area contributed by atoms with Gasteiger partial charge in [-0.25, -0.2) is 0 Å². The van der Waals surface area contributed by atoms with Gasteiger partial charge in [-0.1, -0.05) is 60.1 Å². The van der Waals surface area contributed by atoms with Crippen LogP contribution in [0.4, 0.5) is 8.78 Å². The highest BCUT2D eigenvalue weighted by Crippen LogP contribution is 2.22. The van der Waals surface area contributed by atoms with Gasteiger partial charge >= 0.3 is 0 Å². The third kappa shape index (κ3) is 6.06. The van der Waals surface area contributed by atoms with E-state index < -0.39 is 18.2 Å². The van der Waals surface area contributed by atoms with Gasteiger partial charge in [-0.3, -0.25) is 9.80 Å². The first-order valence-electron chi connectivity index (χ1n) is 8.91. The third-order valence-corrected chi connectivity index (χ3v) is 4.09. The van der Waals surface area contributed by atoms with Gasteiger partial charge in [-0.05, 0) is 52.5 Å². The summed E-state index contributed by atoms with van der Waals surface area (Å²) in [6, 6.07) is 17.2. The molecule has 0 saturated heterocycles. The van der Waals surface area contributed by atoms with Gasteiger partial charge in [0.05, 0.1) is 5.57 Å². The molecule has 0 unspecified atom stereocenters. The first-order valence-corrected chi connectivity index (χ1v) is 8.91. The Morgan fingerprint density at radius 1 is 0.679 bits per heavy atom. The molecule has 4 heteroatoms. The zero-order valence-corrected chi connectivity index (χ0v) is 16.6. The summed E-state index contributed by atoms with van der Waals surface area (Å²) in [4.78, 5) is 3.37. The first-order chi connectivity index (χ1) is 13.4. The Hall–Kier alpha value is -2.92. The van der Waals surface area contributed by atoms with E-state index in [1.165, 1.54) is 0 Å². The molecule has 0 heterocycles. The molecule has 2 atom stereocenters. The van der Waals surface area contributed by atoms with Crippen LogP contribution in [0.3, 0.4) is 0 Å². The number of likely N-dealkylation sites (N-methyl/N-ethyl adjacent to an activating group) is 2. The highest BCUT2D eigenvalue weighted by Gasteiger charge is 2.28. The van der Waals surface area contributed by atoms with Crippen molar-refractivity contribution in [3.63, 3.8) is 0 Å². The predicted molar refractivity (Wildman–Crippen MR) is 111 cm³/mol. The minimum atomic E-state index is -1.75. The van der Waals surface area contributed by atoms with Crippen molar-refractivity contribution in [2.75, 3.05) is 28.2 Å². The molecule has 0 aromatic heterocycles. The molecule has 0 fully saturated rings. The minimum absolute atomic E-state index is 0.0955. The van der Waals surface area contributed by atoms with Crippen LogP contribution >= 0.6 is 0 Å².